The smallest absolute Gasteiger partial charge is 0.354 e. The molecule has 0 unspecified atom stereocenters. The van der Waals surface area contributed by atoms with E-state index in [1.165, 1.54) is 7.11 Å². The van der Waals surface area contributed by atoms with Gasteiger partial charge >= 0.3 is 5.97 Å². The number of benzene rings is 3. The van der Waals surface area contributed by atoms with Crippen LogP contribution in [0.1, 0.15) is 27.9 Å². The molecule has 1 aliphatic carbocycles. The van der Waals surface area contributed by atoms with Crippen molar-refractivity contribution >= 4 is 23.2 Å². The molecule has 6 nitrogen and oxygen atoms in total. The summed E-state index contributed by atoms with van der Waals surface area (Å²) in [5, 5.41) is 8.54. The number of carbonyl (C=O) groups excluding carboxylic acids is 2. The maximum Gasteiger partial charge on any atom is 0.354 e. The van der Waals surface area contributed by atoms with Gasteiger partial charge in [0, 0.05) is 16.7 Å². The van der Waals surface area contributed by atoms with Gasteiger partial charge in [-0.1, -0.05) is 48.5 Å². The first kappa shape index (κ1) is 20.2. The van der Waals surface area contributed by atoms with Crippen LogP contribution in [-0.2, 0) is 9.53 Å². The van der Waals surface area contributed by atoms with E-state index < -0.39 is 5.97 Å². The predicted octanol–water partition coefficient (Wildman–Crippen LogP) is 4.32. The molecule has 1 aliphatic rings. The van der Waals surface area contributed by atoms with Gasteiger partial charge in [0.05, 0.1) is 20.6 Å². The van der Waals surface area contributed by atoms with Gasteiger partial charge in [-0.2, -0.15) is 0 Å². The molecule has 0 bridgehead atoms. The lowest BCUT2D eigenvalue weighted by atomic mass is 10.1. The monoisotopic (exact) mass is 412 g/mol. The largest absolute Gasteiger partial charge is 0.497 e. The molecule has 4 rings (SSSR count). The van der Waals surface area contributed by atoms with E-state index in [9.17, 15) is 9.59 Å². The fourth-order valence-corrected chi connectivity index (χ4v) is 3.51. The zero-order valence-electron chi connectivity index (χ0n) is 17.2. The SMILES string of the molecule is COC(=O)C(CC(=O)c1ccc(OC)cc1)=NN=C1c2ccccc2-c2ccccc21. The second-order valence-electron chi connectivity index (χ2n) is 6.91. The Kier molecular flexibility index (Phi) is 5.71. The molecule has 0 N–H and O–H groups in total. The van der Waals surface area contributed by atoms with Crippen LogP contribution in [0.4, 0.5) is 0 Å². The molecule has 0 radical (unpaired) electrons. The first-order valence-electron chi connectivity index (χ1n) is 9.71. The predicted molar refractivity (Wildman–Crippen MR) is 119 cm³/mol. The molecule has 0 atom stereocenters. The van der Waals surface area contributed by atoms with Crippen LogP contribution in [0.5, 0.6) is 5.75 Å². The standard InChI is InChI=1S/C25H20N2O4/c1-30-17-13-11-16(12-14-17)23(28)15-22(25(29)31-2)26-27-24-20-9-5-3-7-18(20)19-8-4-6-10-21(19)24/h3-14H,15H2,1-2H3. The van der Waals surface area contributed by atoms with Gasteiger partial charge < -0.3 is 9.47 Å². The molecule has 3 aromatic carbocycles. The van der Waals surface area contributed by atoms with Gasteiger partial charge in [-0.3, -0.25) is 4.79 Å². The number of rotatable bonds is 6. The van der Waals surface area contributed by atoms with Crippen LogP contribution in [0.3, 0.4) is 0 Å². The summed E-state index contributed by atoms with van der Waals surface area (Å²) < 4.78 is 9.94. The fraction of sp³-hybridized carbons (Fsp3) is 0.120. The van der Waals surface area contributed by atoms with Crippen molar-refractivity contribution in [3.8, 4) is 16.9 Å². The number of Topliss-reactive ketones (excluding diaryl/α,β-unsaturated/α-hetero) is 1. The average Bonchev–Trinajstić information content (AvgIpc) is 3.15. The normalized spacial score (nSPS) is 12.1. The number of ketones is 1. The third kappa shape index (κ3) is 4.00. The molecule has 0 fully saturated rings. The van der Waals surface area contributed by atoms with E-state index in [2.05, 4.69) is 10.2 Å². The summed E-state index contributed by atoms with van der Waals surface area (Å²) in [6, 6.07) is 22.4. The summed E-state index contributed by atoms with van der Waals surface area (Å²) in [7, 11) is 2.81. The van der Waals surface area contributed by atoms with E-state index >= 15 is 0 Å². The zero-order chi connectivity index (χ0) is 21.8. The van der Waals surface area contributed by atoms with Crippen LogP contribution in [-0.4, -0.2) is 37.4 Å². The van der Waals surface area contributed by atoms with Crippen molar-refractivity contribution in [2.45, 2.75) is 6.42 Å². The Hall–Kier alpha value is -4.06. The lowest BCUT2D eigenvalue weighted by Gasteiger charge is -2.05. The molecule has 0 saturated heterocycles. The Bertz CT molecular complexity index is 1160. The third-order valence-corrected chi connectivity index (χ3v) is 5.09. The second-order valence-corrected chi connectivity index (χ2v) is 6.91. The topological polar surface area (TPSA) is 77.3 Å². The van der Waals surface area contributed by atoms with Crippen molar-refractivity contribution in [3.63, 3.8) is 0 Å². The van der Waals surface area contributed by atoms with E-state index in [4.69, 9.17) is 9.47 Å². The van der Waals surface area contributed by atoms with Crippen molar-refractivity contribution < 1.29 is 19.1 Å². The van der Waals surface area contributed by atoms with Gasteiger partial charge in [0.15, 0.2) is 11.5 Å². The summed E-state index contributed by atoms with van der Waals surface area (Å²) >= 11 is 0. The Labute approximate surface area is 179 Å². The zero-order valence-corrected chi connectivity index (χ0v) is 17.2. The number of methoxy groups -OCH3 is 2. The lowest BCUT2D eigenvalue weighted by Crippen LogP contribution is -2.20. The number of fused-ring (bicyclic) bond motifs is 3. The molecular weight excluding hydrogens is 392 g/mol. The molecule has 0 aliphatic heterocycles. The Morgan fingerprint density at radius 3 is 1.84 bits per heavy atom. The van der Waals surface area contributed by atoms with Crippen molar-refractivity contribution in [1.82, 2.24) is 0 Å². The second kappa shape index (κ2) is 8.75. The molecule has 0 heterocycles. The van der Waals surface area contributed by atoms with Gasteiger partial charge in [0.1, 0.15) is 11.5 Å². The Balaban J connectivity index is 1.69. The minimum atomic E-state index is -0.689. The molecule has 154 valence electrons. The number of esters is 1. The van der Waals surface area contributed by atoms with Crippen LogP contribution in [0.15, 0.2) is 83.0 Å². The average molecular weight is 412 g/mol. The molecule has 0 spiro atoms. The highest BCUT2D eigenvalue weighted by Gasteiger charge is 2.25. The van der Waals surface area contributed by atoms with Gasteiger partial charge in [-0.05, 0) is 35.4 Å². The first-order valence-corrected chi connectivity index (χ1v) is 9.71. The minimum Gasteiger partial charge on any atom is -0.497 e. The van der Waals surface area contributed by atoms with E-state index in [0.29, 0.717) is 17.0 Å². The van der Waals surface area contributed by atoms with E-state index in [1.54, 1.807) is 31.4 Å². The summed E-state index contributed by atoms with van der Waals surface area (Å²) in [5.41, 5.74) is 5.02. The summed E-state index contributed by atoms with van der Waals surface area (Å²) in [4.78, 5) is 25.0. The van der Waals surface area contributed by atoms with Gasteiger partial charge in [-0.15, -0.1) is 10.2 Å². The lowest BCUT2D eigenvalue weighted by molar-refractivity contribution is -0.132. The molecule has 0 amide bonds. The van der Waals surface area contributed by atoms with Crippen LogP contribution < -0.4 is 4.74 Å². The van der Waals surface area contributed by atoms with Gasteiger partial charge in [-0.25, -0.2) is 4.79 Å². The van der Waals surface area contributed by atoms with Crippen LogP contribution in [0.25, 0.3) is 11.1 Å². The number of nitrogens with zero attached hydrogens (tertiary/aromatic N) is 2. The number of ether oxygens (including phenoxy) is 2. The van der Waals surface area contributed by atoms with Crippen molar-refractivity contribution in [3.05, 3.63) is 89.5 Å². The highest BCUT2D eigenvalue weighted by molar-refractivity contribution is 6.40. The minimum absolute atomic E-state index is 0.0577. The summed E-state index contributed by atoms with van der Waals surface area (Å²) in [6.07, 6.45) is -0.223. The first-order chi connectivity index (χ1) is 15.1. The highest BCUT2D eigenvalue weighted by Crippen LogP contribution is 2.36. The number of hydrogen-bond acceptors (Lipinski definition) is 6. The molecule has 0 aromatic heterocycles. The third-order valence-electron chi connectivity index (χ3n) is 5.09. The quantitative estimate of drug-likeness (QED) is 0.205. The molecule has 31 heavy (non-hydrogen) atoms. The van der Waals surface area contributed by atoms with Crippen LogP contribution in [0, 0.1) is 0 Å². The van der Waals surface area contributed by atoms with Crippen LogP contribution in [0.2, 0.25) is 0 Å². The van der Waals surface area contributed by atoms with E-state index in [1.807, 2.05) is 48.5 Å². The molecule has 6 heteroatoms. The Morgan fingerprint density at radius 1 is 0.774 bits per heavy atom. The maximum atomic E-state index is 12.7. The van der Waals surface area contributed by atoms with Gasteiger partial charge in [0.2, 0.25) is 0 Å². The Morgan fingerprint density at radius 2 is 1.32 bits per heavy atom. The number of carbonyl (C=O) groups is 2. The molecular formula is C25H20N2O4. The van der Waals surface area contributed by atoms with Crippen molar-refractivity contribution in [1.29, 1.82) is 0 Å². The number of hydrogen-bond donors (Lipinski definition) is 0. The van der Waals surface area contributed by atoms with E-state index in [-0.39, 0.29) is 17.9 Å². The van der Waals surface area contributed by atoms with Crippen molar-refractivity contribution in [2.24, 2.45) is 10.2 Å². The van der Waals surface area contributed by atoms with E-state index in [0.717, 1.165) is 22.3 Å². The summed E-state index contributed by atoms with van der Waals surface area (Å²) in [6.45, 7) is 0. The maximum absolute atomic E-state index is 12.7. The van der Waals surface area contributed by atoms with Crippen molar-refractivity contribution in [2.75, 3.05) is 14.2 Å². The molecule has 0 saturated carbocycles. The fourth-order valence-electron chi connectivity index (χ4n) is 3.51. The van der Waals surface area contributed by atoms with Crippen LogP contribution >= 0.6 is 0 Å². The molecule has 3 aromatic rings. The summed E-state index contributed by atoms with van der Waals surface area (Å²) in [5.74, 6) is -0.312. The highest BCUT2D eigenvalue weighted by atomic mass is 16.5. The van der Waals surface area contributed by atoms with Gasteiger partial charge in [0.25, 0.3) is 0 Å².